The van der Waals surface area contributed by atoms with Crippen LogP contribution in [0.25, 0.3) is 0 Å². The van der Waals surface area contributed by atoms with Crippen LogP contribution in [-0.2, 0) is 6.54 Å². The van der Waals surface area contributed by atoms with Gasteiger partial charge in [-0.15, -0.1) is 0 Å². The molecule has 0 saturated heterocycles. The Morgan fingerprint density at radius 3 is 2.64 bits per heavy atom. The molecule has 1 aromatic rings. The highest BCUT2D eigenvalue weighted by molar-refractivity contribution is 5.08. The van der Waals surface area contributed by atoms with Crippen molar-refractivity contribution in [1.29, 1.82) is 0 Å². The molecular weight excluding hydrogens is 195 g/mol. The van der Waals surface area contributed by atoms with Crippen molar-refractivity contribution in [3.63, 3.8) is 0 Å². The first-order valence-corrected chi connectivity index (χ1v) is 4.33. The van der Waals surface area contributed by atoms with E-state index in [1.165, 1.54) is 6.20 Å². The van der Waals surface area contributed by atoms with Crippen molar-refractivity contribution in [2.24, 2.45) is 0 Å². The molecule has 1 saturated carbocycles. The van der Waals surface area contributed by atoms with Crippen molar-refractivity contribution in [3.05, 3.63) is 18.2 Å². The second-order valence-corrected chi connectivity index (χ2v) is 3.47. The zero-order chi connectivity index (χ0) is 10.2. The quantitative estimate of drug-likeness (QED) is 0.786. The number of imidazole rings is 1. The summed E-state index contributed by atoms with van der Waals surface area (Å²) in [6.45, 7) is 0.131. The summed E-state index contributed by atoms with van der Waals surface area (Å²) in [4.78, 5) is 6.59. The smallest absolute Gasteiger partial charge is 0.348 e. The fourth-order valence-electron chi connectivity index (χ4n) is 1.33. The molecule has 78 valence electrons. The second-order valence-electron chi connectivity index (χ2n) is 3.47. The highest BCUT2D eigenvalue weighted by Gasteiger charge is 2.62. The number of hydrogen-bond acceptors (Lipinski definition) is 2. The molecule has 1 fully saturated rings. The summed E-state index contributed by atoms with van der Waals surface area (Å²) in [6, 6.07) is 0. The average Bonchev–Trinajstić information content (AvgIpc) is 2.72. The van der Waals surface area contributed by atoms with E-state index < -0.39 is 11.7 Å². The Bertz CT molecular complexity index is 300. The minimum absolute atomic E-state index is 0.131. The molecule has 0 spiro atoms. The molecule has 0 atom stereocenters. The maximum atomic E-state index is 12.4. The van der Waals surface area contributed by atoms with Crippen molar-refractivity contribution < 1.29 is 13.2 Å². The number of aromatic nitrogens is 2. The molecule has 6 heteroatoms. The summed E-state index contributed by atoms with van der Waals surface area (Å²) in [7, 11) is 0. The third-order valence-electron chi connectivity index (χ3n) is 2.44. The van der Waals surface area contributed by atoms with E-state index in [9.17, 15) is 13.2 Å². The van der Waals surface area contributed by atoms with Gasteiger partial charge in [0.1, 0.15) is 11.4 Å². The maximum absolute atomic E-state index is 12.4. The third kappa shape index (κ3) is 1.61. The van der Waals surface area contributed by atoms with Gasteiger partial charge in [-0.1, -0.05) is 0 Å². The topological polar surface area (TPSA) is 40.7 Å². The standard InChI is InChI=1S/C8H10F3N3/c9-8(10,11)7(1-2-7)14-5-6-12-3-4-13-6/h3-4,14H,1-2,5H2,(H,12,13). The molecule has 0 bridgehead atoms. The van der Waals surface area contributed by atoms with Crippen LogP contribution < -0.4 is 5.32 Å². The van der Waals surface area contributed by atoms with Crippen LogP contribution in [0.1, 0.15) is 18.7 Å². The largest absolute Gasteiger partial charge is 0.406 e. The Balaban J connectivity index is 1.93. The number of hydrogen-bond donors (Lipinski definition) is 2. The highest BCUT2D eigenvalue weighted by atomic mass is 19.4. The number of rotatable bonds is 3. The Kier molecular flexibility index (Phi) is 2.02. The van der Waals surface area contributed by atoms with Crippen molar-refractivity contribution in [2.45, 2.75) is 31.1 Å². The van der Waals surface area contributed by atoms with E-state index >= 15 is 0 Å². The number of nitrogens with zero attached hydrogens (tertiary/aromatic N) is 1. The summed E-state index contributed by atoms with van der Waals surface area (Å²) in [5.74, 6) is 0.528. The minimum Gasteiger partial charge on any atom is -0.348 e. The van der Waals surface area contributed by atoms with E-state index in [-0.39, 0.29) is 19.4 Å². The number of H-pyrrole nitrogens is 1. The summed E-state index contributed by atoms with van der Waals surface area (Å²) < 4.78 is 37.3. The average molecular weight is 205 g/mol. The fourth-order valence-corrected chi connectivity index (χ4v) is 1.33. The lowest BCUT2D eigenvalue weighted by Gasteiger charge is -2.19. The molecule has 1 aliphatic rings. The zero-order valence-electron chi connectivity index (χ0n) is 7.36. The van der Waals surface area contributed by atoms with E-state index in [4.69, 9.17) is 0 Å². The molecule has 1 aromatic heterocycles. The molecule has 2 N–H and O–H groups in total. The third-order valence-corrected chi connectivity index (χ3v) is 2.44. The van der Waals surface area contributed by atoms with E-state index in [0.29, 0.717) is 5.82 Å². The first kappa shape index (κ1) is 9.51. The van der Waals surface area contributed by atoms with Gasteiger partial charge >= 0.3 is 6.18 Å². The van der Waals surface area contributed by atoms with Crippen LogP contribution in [0, 0.1) is 0 Å². The van der Waals surface area contributed by atoms with E-state index in [0.717, 1.165) is 0 Å². The van der Waals surface area contributed by atoms with Gasteiger partial charge in [0, 0.05) is 12.4 Å². The Morgan fingerprint density at radius 2 is 2.21 bits per heavy atom. The predicted octanol–water partition coefficient (Wildman–Crippen LogP) is 1.59. The molecule has 1 aliphatic carbocycles. The van der Waals surface area contributed by atoms with Crippen LogP contribution in [-0.4, -0.2) is 21.7 Å². The monoisotopic (exact) mass is 205 g/mol. The van der Waals surface area contributed by atoms with Gasteiger partial charge in [-0.25, -0.2) is 4.98 Å². The summed E-state index contributed by atoms with van der Waals surface area (Å²) in [6.07, 6.45) is -0.720. The van der Waals surface area contributed by atoms with E-state index in [2.05, 4.69) is 15.3 Å². The first-order valence-electron chi connectivity index (χ1n) is 4.33. The summed E-state index contributed by atoms with van der Waals surface area (Å²) in [5, 5.41) is 2.49. The van der Waals surface area contributed by atoms with Crippen molar-refractivity contribution in [2.75, 3.05) is 0 Å². The lowest BCUT2D eigenvalue weighted by atomic mass is 10.2. The van der Waals surface area contributed by atoms with Crippen LogP contribution in [0.4, 0.5) is 13.2 Å². The first-order chi connectivity index (χ1) is 6.54. The van der Waals surface area contributed by atoms with Gasteiger partial charge < -0.3 is 4.98 Å². The minimum atomic E-state index is -4.15. The molecule has 0 unspecified atom stereocenters. The number of halogens is 3. The van der Waals surface area contributed by atoms with E-state index in [1.807, 2.05) is 0 Å². The molecule has 0 aliphatic heterocycles. The lowest BCUT2D eigenvalue weighted by molar-refractivity contribution is -0.166. The van der Waals surface area contributed by atoms with Crippen LogP contribution in [0.15, 0.2) is 12.4 Å². The Hall–Kier alpha value is -1.04. The molecule has 2 rings (SSSR count). The van der Waals surface area contributed by atoms with Gasteiger partial charge in [-0.2, -0.15) is 13.2 Å². The SMILES string of the molecule is FC(F)(F)C1(NCc2ncc[nH]2)CC1. The molecular formula is C8H10F3N3. The molecule has 0 amide bonds. The maximum Gasteiger partial charge on any atom is 0.406 e. The van der Waals surface area contributed by atoms with Gasteiger partial charge in [0.05, 0.1) is 6.54 Å². The highest BCUT2D eigenvalue weighted by Crippen LogP contribution is 2.48. The van der Waals surface area contributed by atoms with Crippen molar-refractivity contribution >= 4 is 0 Å². The molecule has 0 aromatic carbocycles. The summed E-state index contributed by atoms with van der Waals surface area (Å²) >= 11 is 0. The lowest BCUT2D eigenvalue weighted by Crippen LogP contribution is -2.44. The molecule has 3 nitrogen and oxygen atoms in total. The molecule has 14 heavy (non-hydrogen) atoms. The van der Waals surface area contributed by atoms with Gasteiger partial charge in [-0.05, 0) is 12.8 Å². The number of aromatic amines is 1. The summed E-state index contributed by atoms with van der Waals surface area (Å²) in [5.41, 5.74) is -1.65. The fraction of sp³-hybridized carbons (Fsp3) is 0.625. The van der Waals surface area contributed by atoms with Gasteiger partial charge in [0.2, 0.25) is 0 Å². The second kappa shape index (κ2) is 2.98. The van der Waals surface area contributed by atoms with Crippen LogP contribution in [0.3, 0.4) is 0 Å². The number of alkyl halides is 3. The van der Waals surface area contributed by atoms with Crippen LogP contribution in [0.2, 0.25) is 0 Å². The molecule has 0 radical (unpaired) electrons. The molecule has 1 heterocycles. The van der Waals surface area contributed by atoms with Crippen molar-refractivity contribution in [3.8, 4) is 0 Å². The van der Waals surface area contributed by atoms with Crippen LogP contribution >= 0.6 is 0 Å². The zero-order valence-corrected chi connectivity index (χ0v) is 7.36. The van der Waals surface area contributed by atoms with Crippen LogP contribution in [0.5, 0.6) is 0 Å². The normalized spacial score (nSPS) is 19.6. The van der Waals surface area contributed by atoms with Crippen molar-refractivity contribution in [1.82, 2.24) is 15.3 Å². The number of nitrogens with one attached hydrogen (secondary N) is 2. The van der Waals surface area contributed by atoms with E-state index in [1.54, 1.807) is 6.20 Å². The Labute approximate surface area is 78.7 Å². The van der Waals surface area contributed by atoms with Gasteiger partial charge in [0.15, 0.2) is 0 Å². The van der Waals surface area contributed by atoms with Gasteiger partial charge in [-0.3, -0.25) is 5.32 Å². The van der Waals surface area contributed by atoms with Gasteiger partial charge in [0.25, 0.3) is 0 Å². The predicted molar refractivity (Wildman–Crippen MR) is 43.4 cm³/mol. The Morgan fingerprint density at radius 1 is 1.50 bits per heavy atom.